The Bertz CT molecular complexity index is 131. The van der Waals surface area contributed by atoms with Crippen LogP contribution in [0.5, 0.6) is 0 Å². The maximum atomic E-state index is 9.51. The predicted molar refractivity (Wildman–Crippen MR) is 56.9 cm³/mol. The molecule has 0 spiro atoms. The van der Waals surface area contributed by atoms with Crippen molar-refractivity contribution in [3.05, 3.63) is 0 Å². The average molecular weight is 188 g/mol. The van der Waals surface area contributed by atoms with Crippen LogP contribution in [0, 0.1) is 5.41 Å². The van der Waals surface area contributed by atoms with Gasteiger partial charge in [-0.15, -0.1) is 0 Å². The highest BCUT2D eigenvalue weighted by Crippen LogP contribution is 2.13. The molecule has 0 aromatic carbocycles. The van der Waals surface area contributed by atoms with E-state index >= 15 is 0 Å². The van der Waals surface area contributed by atoms with Gasteiger partial charge in [0.2, 0.25) is 0 Å². The van der Waals surface area contributed by atoms with Crippen molar-refractivity contribution in [2.75, 3.05) is 33.7 Å². The van der Waals surface area contributed by atoms with Gasteiger partial charge in [0.1, 0.15) is 0 Å². The van der Waals surface area contributed by atoms with Gasteiger partial charge >= 0.3 is 0 Å². The number of hydrogen-bond donors (Lipinski definition) is 2. The number of hydrogen-bond acceptors (Lipinski definition) is 3. The predicted octanol–water partition coefficient (Wildman–Crippen LogP) is 0.545. The van der Waals surface area contributed by atoms with Crippen LogP contribution in [-0.2, 0) is 0 Å². The second-order valence-corrected chi connectivity index (χ2v) is 4.97. The standard InChI is InChI=1S/C10H24N2O/c1-10(2,3)8-12(5)7-9(13)6-11-4/h9,11,13H,6-8H2,1-5H3. The van der Waals surface area contributed by atoms with E-state index in [-0.39, 0.29) is 6.10 Å². The van der Waals surface area contributed by atoms with Crippen molar-refractivity contribution >= 4 is 0 Å². The van der Waals surface area contributed by atoms with Crippen molar-refractivity contribution in [3.8, 4) is 0 Å². The maximum absolute atomic E-state index is 9.51. The molecule has 2 N–H and O–H groups in total. The van der Waals surface area contributed by atoms with E-state index < -0.39 is 0 Å². The summed E-state index contributed by atoms with van der Waals surface area (Å²) in [5, 5.41) is 12.5. The minimum absolute atomic E-state index is 0.266. The summed E-state index contributed by atoms with van der Waals surface area (Å²) in [6.07, 6.45) is -0.266. The first-order chi connectivity index (χ1) is 5.85. The lowest BCUT2D eigenvalue weighted by molar-refractivity contribution is 0.108. The molecule has 0 heterocycles. The first kappa shape index (κ1) is 12.9. The molecule has 80 valence electrons. The summed E-state index contributed by atoms with van der Waals surface area (Å²) >= 11 is 0. The largest absolute Gasteiger partial charge is 0.390 e. The Morgan fingerprint density at radius 3 is 2.31 bits per heavy atom. The molecule has 13 heavy (non-hydrogen) atoms. The van der Waals surface area contributed by atoms with Crippen molar-refractivity contribution < 1.29 is 5.11 Å². The smallest absolute Gasteiger partial charge is 0.0791 e. The minimum atomic E-state index is -0.266. The molecule has 1 unspecified atom stereocenters. The fourth-order valence-corrected chi connectivity index (χ4v) is 1.53. The third-order valence-electron chi connectivity index (χ3n) is 1.71. The minimum Gasteiger partial charge on any atom is -0.390 e. The van der Waals surface area contributed by atoms with Crippen molar-refractivity contribution in [1.29, 1.82) is 0 Å². The monoisotopic (exact) mass is 188 g/mol. The molecule has 0 fully saturated rings. The molecule has 3 heteroatoms. The average Bonchev–Trinajstić information content (AvgIpc) is 1.81. The zero-order valence-electron chi connectivity index (χ0n) is 9.59. The van der Waals surface area contributed by atoms with E-state index in [4.69, 9.17) is 0 Å². The Kier molecular flexibility index (Phi) is 5.53. The summed E-state index contributed by atoms with van der Waals surface area (Å²) in [7, 11) is 3.90. The topological polar surface area (TPSA) is 35.5 Å². The van der Waals surface area contributed by atoms with Crippen LogP contribution in [0.25, 0.3) is 0 Å². The summed E-state index contributed by atoms with van der Waals surface area (Å²) in [4.78, 5) is 2.17. The maximum Gasteiger partial charge on any atom is 0.0791 e. The summed E-state index contributed by atoms with van der Waals surface area (Å²) in [6.45, 7) is 9.01. The van der Waals surface area contributed by atoms with Crippen LogP contribution in [0.3, 0.4) is 0 Å². The molecular weight excluding hydrogens is 164 g/mol. The van der Waals surface area contributed by atoms with E-state index in [0.29, 0.717) is 12.0 Å². The highest BCUT2D eigenvalue weighted by molar-refractivity contribution is 4.69. The fourth-order valence-electron chi connectivity index (χ4n) is 1.53. The number of nitrogens with zero attached hydrogens (tertiary/aromatic N) is 1. The molecule has 0 rings (SSSR count). The van der Waals surface area contributed by atoms with Crippen molar-refractivity contribution in [1.82, 2.24) is 10.2 Å². The van der Waals surface area contributed by atoms with Crippen molar-refractivity contribution in [2.24, 2.45) is 5.41 Å². The van der Waals surface area contributed by atoms with E-state index in [0.717, 1.165) is 13.1 Å². The summed E-state index contributed by atoms with van der Waals surface area (Å²) in [5.41, 5.74) is 0.300. The third-order valence-corrected chi connectivity index (χ3v) is 1.71. The van der Waals surface area contributed by atoms with E-state index in [1.54, 1.807) is 0 Å². The molecule has 0 radical (unpaired) electrons. The molecule has 0 aliphatic carbocycles. The Morgan fingerprint density at radius 2 is 1.92 bits per heavy atom. The Labute approximate surface area is 82.1 Å². The number of aliphatic hydroxyl groups is 1. The molecule has 0 saturated heterocycles. The molecule has 3 nitrogen and oxygen atoms in total. The van der Waals surface area contributed by atoms with Gasteiger partial charge in [0.15, 0.2) is 0 Å². The first-order valence-corrected chi connectivity index (χ1v) is 4.86. The molecule has 0 aliphatic rings. The summed E-state index contributed by atoms with van der Waals surface area (Å²) < 4.78 is 0. The van der Waals surface area contributed by atoms with Gasteiger partial charge in [-0.05, 0) is 19.5 Å². The number of likely N-dealkylation sites (N-methyl/N-ethyl adjacent to an activating group) is 2. The first-order valence-electron chi connectivity index (χ1n) is 4.86. The summed E-state index contributed by atoms with van der Waals surface area (Å²) in [6, 6.07) is 0. The van der Waals surface area contributed by atoms with Gasteiger partial charge in [0.05, 0.1) is 6.10 Å². The van der Waals surface area contributed by atoms with Crippen molar-refractivity contribution in [3.63, 3.8) is 0 Å². The number of nitrogens with one attached hydrogen (secondary N) is 1. The Hall–Kier alpha value is -0.120. The quantitative estimate of drug-likeness (QED) is 0.661. The molecule has 1 atom stereocenters. The zero-order chi connectivity index (χ0) is 10.5. The second kappa shape index (κ2) is 5.58. The van der Waals surface area contributed by atoms with Gasteiger partial charge in [0.25, 0.3) is 0 Å². The molecule has 0 aliphatic heterocycles. The van der Waals surface area contributed by atoms with E-state index in [2.05, 4.69) is 31.0 Å². The SMILES string of the molecule is CNCC(O)CN(C)CC(C)(C)C. The van der Waals surface area contributed by atoms with E-state index in [1.807, 2.05) is 14.1 Å². The molecule has 0 amide bonds. The number of aliphatic hydroxyl groups excluding tert-OH is 1. The van der Waals surface area contributed by atoms with Gasteiger partial charge in [-0.25, -0.2) is 0 Å². The van der Waals surface area contributed by atoms with E-state index in [1.165, 1.54) is 0 Å². The lowest BCUT2D eigenvalue weighted by Crippen LogP contribution is -2.38. The molecule has 0 aromatic rings. The Morgan fingerprint density at radius 1 is 1.38 bits per heavy atom. The van der Waals surface area contributed by atoms with Crippen molar-refractivity contribution in [2.45, 2.75) is 26.9 Å². The normalized spacial score (nSPS) is 15.0. The molecule has 0 bridgehead atoms. The van der Waals surface area contributed by atoms with Gasteiger partial charge < -0.3 is 15.3 Å². The van der Waals surface area contributed by atoms with Crippen LogP contribution in [0.1, 0.15) is 20.8 Å². The highest BCUT2D eigenvalue weighted by atomic mass is 16.3. The van der Waals surface area contributed by atoms with Crippen LogP contribution in [0.4, 0.5) is 0 Å². The van der Waals surface area contributed by atoms with Gasteiger partial charge in [-0.3, -0.25) is 0 Å². The lowest BCUT2D eigenvalue weighted by atomic mass is 9.96. The van der Waals surface area contributed by atoms with Gasteiger partial charge in [-0.1, -0.05) is 20.8 Å². The fraction of sp³-hybridized carbons (Fsp3) is 1.00. The molecular formula is C10H24N2O. The molecule has 0 aromatic heterocycles. The highest BCUT2D eigenvalue weighted by Gasteiger charge is 2.15. The lowest BCUT2D eigenvalue weighted by Gasteiger charge is -2.28. The zero-order valence-corrected chi connectivity index (χ0v) is 9.59. The van der Waals surface area contributed by atoms with E-state index in [9.17, 15) is 5.11 Å². The summed E-state index contributed by atoms with van der Waals surface area (Å²) in [5.74, 6) is 0. The van der Waals surface area contributed by atoms with Crippen LogP contribution < -0.4 is 5.32 Å². The number of rotatable bonds is 5. The van der Waals surface area contributed by atoms with Crippen LogP contribution >= 0.6 is 0 Å². The third kappa shape index (κ3) is 8.22. The Balaban J connectivity index is 3.67. The van der Waals surface area contributed by atoms with Crippen LogP contribution in [0.2, 0.25) is 0 Å². The van der Waals surface area contributed by atoms with Gasteiger partial charge in [0, 0.05) is 19.6 Å². The van der Waals surface area contributed by atoms with Crippen LogP contribution in [0.15, 0.2) is 0 Å². The second-order valence-electron chi connectivity index (χ2n) is 4.97. The van der Waals surface area contributed by atoms with Gasteiger partial charge in [-0.2, -0.15) is 0 Å². The van der Waals surface area contributed by atoms with Crippen LogP contribution in [-0.4, -0.2) is 49.8 Å². The molecule has 0 saturated carbocycles.